The smallest absolute Gasteiger partial charge is 0.518 e. The van der Waals surface area contributed by atoms with Crippen LogP contribution in [0.4, 0.5) is 0 Å². The van der Waals surface area contributed by atoms with Crippen LogP contribution in [-0.4, -0.2) is 32.2 Å². The molecule has 0 saturated heterocycles. The molecule has 1 aliphatic heterocycles. The molecular weight excluding hydrogens is 868 g/mol. The maximum Gasteiger partial charge on any atom is 2.00 e. The van der Waals surface area contributed by atoms with E-state index < -0.39 is 0 Å². The number of hydrogen-bond acceptors (Lipinski definition) is 3. The Balaban J connectivity index is 0.00000410. The first-order chi connectivity index (χ1) is 26.6. The van der Waals surface area contributed by atoms with Gasteiger partial charge < -0.3 is 13.9 Å². The first-order valence-electron chi connectivity index (χ1n) is 19.8. The van der Waals surface area contributed by atoms with Gasteiger partial charge in [-0.2, -0.15) is 6.07 Å². The monoisotopic (exact) mass is 913 g/mol. The molecule has 0 unspecified atom stereocenters. The predicted octanol–water partition coefficient (Wildman–Crippen LogP) is 12.2. The van der Waals surface area contributed by atoms with Gasteiger partial charge in [0.1, 0.15) is 18.2 Å². The van der Waals surface area contributed by atoms with Gasteiger partial charge in [-0.05, 0) is 90.6 Å². The standard InChI is InChI=1S/C50H46N4O.Pt/c1-31-18-20-43-40(23-31)41-24-32(2)45(54-44-21-19-34(33-13-8-7-9-14-33)27-42(44)39-17-12-22-51-47(39)54)29-46(41)53(43)38-26-35(25-37(28-38)49(3,4)5)48-52-50(6,30-55-48)36-15-10-11-16-36;/h7-9,12-14,17-25,27-28,36H,10-11,15-16,30H2,1-6H3;/q-2;+2/t50-;/m0./s1. The molecule has 282 valence electrons. The number of aromatic nitrogens is 3. The SMILES string of the molecule is Cc1ccc2c(c1)c1cc(C)c(-n3c4ccc(-c5ccccc5)cc4c4cccnc43)[c-]c1n2-c1[c-]c(C2=N[C@](C)(C3CCCC3)CO2)cc(C(C)(C)C)c1.[Pt+2]. The summed E-state index contributed by atoms with van der Waals surface area (Å²) in [6, 6.07) is 43.1. The average Bonchev–Trinajstić information content (AvgIpc) is 3.99. The molecule has 4 heterocycles. The summed E-state index contributed by atoms with van der Waals surface area (Å²) in [6.07, 6.45) is 6.91. The number of aryl methyl sites for hydroxylation is 2. The molecule has 3 aromatic heterocycles. The van der Waals surface area contributed by atoms with Crippen molar-refractivity contribution in [1.29, 1.82) is 0 Å². The van der Waals surface area contributed by atoms with Crippen LogP contribution in [0, 0.1) is 31.9 Å². The molecule has 56 heavy (non-hydrogen) atoms. The molecule has 0 bridgehead atoms. The predicted molar refractivity (Wildman–Crippen MR) is 227 cm³/mol. The Kier molecular flexibility index (Phi) is 8.89. The fourth-order valence-corrected chi connectivity index (χ4v) is 9.19. The van der Waals surface area contributed by atoms with Crippen LogP contribution in [0.15, 0.2) is 108 Å². The van der Waals surface area contributed by atoms with Crippen LogP contribution in [-0.2, 0) is 31.2 Å². The Hall–Kier alpha value is -4.99. The number of benzene rings is 5. The van der Waals surface area contributed by atoms with Crippen molar-refractivity contribution in [3.8, 4) is 22.5 Å². The number of pyridine rings is 1. The van der Waals surface area contributed by atoms with Crippen LogP contribution >= 0.6 is 0 Å². The zero-order chi connectivity index (χ0) is 37.6. The summed E-state index contributed by atoms with van der Waals surface area (Å²) in [7, 11) is 0. The van der Waals surface area contributed by atoms with Crippen LogP contribution in [0.25, 0.3) is 66.2 Å². The second kappa shape index (κ2) is 13.6. The van der Waals surface area contributed by atoms with E-state index in [1.807, 2.05) is 12.3 Å². The largest absolute Gasteiger partial charge is 2.00 e. The van der Waals surface area contributed by atoms with Crippen molar-refractivity contribution in [3.63, 3.8) is 0 Å². The van der Waals surface area contributed by atoms with Crippen LogP contribution < -0.4 is 0 Å². The van der Waals surface area contributed by atoms with Crippen molar-refractivity contribution in [2.75, 3.05) is 6.61 Å². The van der Waals surface area contributed by atoms with E-state index in [0.717, 1.165) is 50.1 Å². The summed E-state index contributed by atoms with van der Waals surface area (Å²) in [5.74, 6) is 1.28. The summed E-state index contributed by atoms with van der Waals surface area (Å²) in [5, 5.41) is 4.66. The second-order valence-corrected chi connectivity index (χ2v) is 17.2. The first kappa shape index (κ1) is 36.6. The quantitative estimate of drug-likeness (QED) is 0.162. The minimum absolute atomic E-state index is 0. The zero-order valence-electron chi connectivity index (χ0n) is 32.9. The van der Waals surface area contributed by atoms with E-state index in [2.05, 4.69) is 154 Å². The number of ether oxygens (including phenoxy) is 1. The van der Waals surface area contributed by atoms with Gasteiger partial charge in [0, 0.05) is 22.5 Å². The van der Waals surface area contributed by atoms with Gasteiger partial charge in [0.2, 0.25) is 0 Å². The molecule has 10 rings (SSSR count). The van der Waals surface area contributed by atoms with Gasteiger partial charge in [-0.25, -0.2) is 4.98 Å². The maximum atomic E-state index is 6.49. The van der Waals surface area contributed by atoms with E-state index in [1.54, 1.807) is 0 Å². The van der Waals surface area contributed by atoms with Crippen LogP contribution in [0.2, 0.25) is 0 Å². The number of fused-ring (bicyclic) bond motifs is 6. The van der Waals surface area contributed by atoms with Crippen molar-refractivity contribution in [2.45, 2.75) is 78.2 Å². The number of rotatable bonds is 5. The number of hydrogen-bond donors (Lipinski definition) is 0. The Bertz CT molecular complexity index is 2850. The number of nitrogens with zero attached hydrogens (tertiary/aromatic N) is 4. The molecular formula is C50H46N4OPt. The van der Waals surface area contributed by atoms with Crippen molar-refractivity contribution in [1.82, 2.24) is 14.1 Å². The van der Waals surface area contributed by atoms with Crippen molar-refractivity contribution < 1.29 is 25.8 Å². The summed E-state index contributed by atoms with van der Waals surface area (Å²) < 4.78 is 11.1. The van der Waals surface area contributed by atoms with Crippen molar-refractivity contribution in [3.05, 3.63) is 138 Å². The van der Waals surface area contributed by atoms with E-state index >= 15 is 0 Å². The maximum absolute atomic E-state index is 6.49. The molecule has 5 nitrogen and oxygen atoms in total. The third kappa shape index (κ3) is 5.93. The Labute approximate surface area is 343 Å². The third-order valence-electron chi connectivity index (χ3n) is 12.3. The van der Waals surface area contributed by atoms with E-state index in [4.69, 9.17) is 14.7 Å². The molecule has 1 saturated carbocycles. The van der Waals surface area contributed by atoms with Gasteiger partial charge in [-0.1, -0.05) is 111 Å². The normalized spacial score (nSPS) is 17.6. The van der Waals surface area contributed by atoms with Gasteiger partial charge in [0.05, 0.1) is 11.1 Å². The van der Waals surface area contributed by atoms with Gasteiger partial charge in [0.25, 0.3) is 0 Å². The van der Waals surface area contributed by atoms with Gasteiger partial charge in [0.15, 0.2) is 0 Å². The minimum Gasteiger partial charge on any atom is -0.518 e. The summed E-state index contributed by atoms with van der Waals surface area (Å²) in [4.78, 5) is 10.3. The molecule has 0 radical (unpaired) electrons. The van der Waals surface area contributed by atoms with Crippen LogP contribution in [0.3, 0.4) is 0 Å². The molecule has 8 aromatic rings. The fourth-order valence-electron chi connectivity index (χ4n) is 9.19. The van der Waals surface area contributed by atoms with E-state index in [0.29, 0.717) is 18.4 Å². The van der Waals surface area contributed by atoms with Gasteiger partial charge in [-0.3, -0.25) is 4.99 Å². The Morgan fingerprint density at radius 2 is 1.50 bits per heavy atom. The molecule has 2 aliphatic rings. The molecule has 5 aromatic carbocycles. The first-order valence-corrected chi connectivity index (χ1v) is 19.8. The van der Waals surface area contributed by atoms with Gasteiger partial charge >= 0.3 is 21.1 Å². The van der Waals surface area contributed by atoms with Crippen molar-refractivity contribution >= 4 is 49.6 Å². The summed E-state index contributed by atoms with van der Waals surface area (Å²) in [6.45, 7) is 14.1. The van der Waals surface area contributed by atoms with Gasteiger partial charge in [-0.15, -0.1) is 40.8 Å². The third-order valence-corrected chi connectivity index (χ3v) is 12.3. The second-order valence-electron chi connectivity index (χ2n) is 17.2. The molecule has 0 N–H and O–H groups in total. The van der Waals surface area contributed by atoms with E-state index in [9.17, 15) is 0 Å². The molecule has 1 fully saturated rings. The molecule has 0 amide bonds. The van der Waals surface area contributed by atoms with E-state index in [1.165, 1.54) is 64.1 Å². The summed E-state index contributed by atoms with van der Waals surface area (Å²) >= 11 is 0. The van der Waals surface area contributed by atoms with E-state index in [-0.39, 0.29) is 32.0 Å². The fraction of sp³-hybridized carbons (Fsp3) is 0.280. The average molecular weight is 914 g/mol. The molecule has 0 spiro atoms. The zero-order valence-corrected chi connectivity index (χ0v) is 35.2. The Morgan fingerprint density at radius 3 is 2.29 bits per heavy atom. The van der Waals surface area contributed by atoms with Crippen LogP contribution in [0.1, 0.15) is 75.6 Å². The minimum atomic E-state index is -0.194. The molecule has 6 heteroatoms. The van der Waals surface area contributed by atoms with Crippen LogP contribution in [0.5, 0.6) is 0 Å². The van der Waals surface area contributed by atoms with Crippen molar-refractivity contribution in [2.24, 2.45) is 10.9 Å². The topological polar surface area (TPSA) is 44.3 Å². The number of aliphatic imine (C=N–C) groups is 1. The summed E-state index contributed by atoms with van der Waals surface area (Å²) in [5.41, 5.74) is 12.7. The molecule has 1 aliphatic carbocycles. The Morgan fingerprint density at radius 1 is 0.750 bits per heavy atom. The molecule has 1 atom stereocenters.